The molecule has 1 heterocycles. The summed E-state index contributed by atoms with van der Waals surface area (Å²) in [6.45, 7) is 5.69. The highest BCUT2D eigenvalue weighted by molar-refractivity contribution is 7.09. The zero-order valence-electron chi connectivity index (χ0n) is 8.96. The lowest BCUT2D eigenvalue weighted by Crippen LogP contribution is -2.27. The molecule has 0 aliphatic carbocycles. The Morgan fingerprint density at radius 2 is 2.29 bits per heavy atom. The van der Waals surface area contributed by atoms with Crippen LogP contribution < -0.4 is 0 Å². The summed E-state index contributed by atoms with van der Waals surface area (Å²) in [5.41, 5.74) is 0.518. The summed E-state index contributed by atoms with van der Waals surface area (Å²) >= 11 is 1.59. The van der Waals surface area contributed by atoms with Crippen molar-refractivity contribution in [1.82, 2.24) is 4.98 Å². The van der Waals surface area contributed by atoms with Crippen molar-refractivity contribution in [3.63, 3.8) is 0 Å². The highest BCUT2D eigenvalue weighted by atomic mass is 32.1. The number of hydrogen-bond donors (Lipinski definition) is 0. The normalized spacial score (nSPS) is 11.4. The van der Waals surface area contributed by atoms with Crippen LogP contribution in [0.3, 0.4) is 0 Å². The third-order valence-corrected chi connectivity index (χ3v) is 2.96. The highest BCUT2D eigenvalue weighted by Gasteiger charge is 2.29. The second-order valence-corrected chi connectivity index (χ2v) is 4.88. The molecule has 1 aromatic rings. The number of carbonyl (C=O) groups is 1. The molecule has 0 saturated heterocycles. The monoisotopic (exact) mass is 213 g/mol. The lowest BCUT2D eigenvalue weighted by Gasteiger charge is -2.19. The molecule has 78 valence electrons. The van der Waals surface area contributed by atoms with Crippen molar-refractivity contribution >= 4 is 17.3 Å². The van der Waals surface area contributed by atoms with E-state index in [-0.39, 0.29) is 5.97 Å². The number of rotatable bonds is 3. The second kappa shape index (κ2) is 4.09. The third kappa shape index (κ3) is 2.54. The van der Waals surface area contributed by atoms with Gasteiger partial charge in [0.2, 0.25) is 0 Å². The van der Waals surface area contributed by atoms with E-state index in [0.717, 1.165) is 10.7 Å². The van der Waals surface area contributed by atoms with Crippen molar-refractivity contribution in [1.29, 1.82) is 0 Å². The summed E-state index contributed by atoms with van der Waals surface area (Å²) < 4.78 is 4.73. The van der Waals surface area contributed by atoms with Gasteiger partial charge in [-0.05, 0) is 20.8 Å². The molecule has 0 N–H and O–H groups in total. The largest absolute Gasteiger partial charge is 0.469 e. The minimum absolute atomic E-state index is 0.189. The first-order chi connectivity index (χ1) is 6.45. The van der Waals surface area contributed by atoms with Gasteiger partial charge in [0.05, 0.1) is 17.5 Å². The van der Waals surface area contributed by atoms with Crippen molar-refractivity contribution in [2.45, 2.75) is 27.2 Å². The van der Waals surface area contributed by atoms with Gasteiger partial charge in [-0.15, -0.1) is 11.3 Å². The Hall–Kier alpha value is -0.900. The van der Waals surface area contributed by atoms with E-state index in [0.29, 0.717) is 6.42 Å². The van der Waals surface area contributed by atoms with Crippen molar-refractivity contribution < 1.29 is 9.53 Å². The van der Waals surface area contributed by atoms with Gasteiger partial charge < -0.3 is 4.74 Å². The minimum Gasteiger partial charge on any atom is -0.469 e. The maximum absolute atomic E-state index is 11.4. The van der Waals surface area contributed by atoms with Crippen LogP contribution in [0.25, 0.3) is 0 Å². The quantitative estimate of drug-likeness (QED) is 0.722. The maximum atomic E-state index is 11.4. The Morgan fingerprint density at radius 1 is 1.64 bits per heavy atom. The molecule has 0 amide bonds. The number of nitrogens with zero attached hydrogens (tertiary/aromatic N) is 1. The number of carbonyl (C=O) groups excluding carboxylic acids is 1. The molecule has 0 atom stereocenters. The molecule has 0 saturated carbocycles. The summed E-state index contributed by atoms with van der Waals surface area (Å²) in [5, 5.41) is 2.97. The number of methoxy groups -OCH3 is 1. The summed E-state index contributed by atoms with van der Waals surface area (Å²) in [7, 11) is 1.41. The number of aromatic nitrogens is 1. The van der Waals surface area contributed by atoms with Gasteiger partial charge in [0.25, 0.3) is 0 Å². The zero-order valence-corrected chi connectivity index (χ0v) is 9.77. The van der Waals surface area contributed by atoms with Gasteiger partial charge in [-0.1, -0.05) is 0 Å². The summed E-state index contributed by atoms with van der Waals surface area (Å²) in [4.78, 5) is 15.7. The predicted molar refractivity (Wildman–Crippen MR) is 56.4 cm³/mol. The van der Waals surface area contributed by atoms with Crippen LogP contribution in [0, 0.1) is 12.3 Å². The first-order valence-electron chi connectivity index (χ1n) is 4.45. The lowest BCUT2D eigenvalue weighted by molar-refractivity contribution is -0.150. The summed E-state index contributed by atoms with van der Waals surface area (Å²) in [5.74, 6) is -0.189. The second-order valence-electron chi connectivity index (χ2n) is 3.93. The SMILES string of the molecule is COC(=O)C(C)(C)Cc1nc(C)cs1. The van der Waals surface area contributed by atoms with Gasteiger partial charge in [-0.3, -0.25) is 4.79 Å². The average Bonchev–Trinajstić information content (AvgIpc) is 2.48. The van der Waals surface area contributed by atoms with E-state index in [4.69, 9.17) is 4.74 Å². The number of hydrogen-bond acceptors (Lipinski definition) is 4. The van der Waals surface area contributed by atoms with Crippen LogP contribution in [0.1, 0.15) is 24.5 Å². The molecule has 0 fully saturated rings. The smallest absolute Gasteiger partial charge is 0.311 e. The number of esters is 1. The molecule has 0 aliphatic heterocycles. The number of thiazole rings is 1. The van der Waals surface area contributed by atoms with E-state index in [2.05, 4.69) is 4.98 Å². The van der Waals surface area contributed by atoms with E-state index in [9.17, 15) is 4.79 Å². The van der Waals surface area contributed by atoms with Crippen molar-refractivity contribution in [2.75, 3.05) is 7.11 Å². The van der Waals surface area contributed by atoms with Crippen LogP contribution in [0.4, 0.5) is 0 Å². The lowest BCUT2D eigenvalue weighted by atomic mass is 9.90. The van der Waals surface area contributed by atoms with Gasteiger partial charge in [0.1, 0.15) is 0 Å². The third-order valence-electron chi connectivity index (χ3n) is 2.00. The van der Waals surface area contributed by atoms with Crippen molar-refractivity contribution in [3.05, 3.63) is 16.1 Å². The van der Waals surface area contributed by atoms with E-state index in [1.54, 1.807) is 11.3 Å². The molecular formula is C10H15NO2S. The first kappa shape index (κ1) is 11.2. The zero-order chi connectivity index (χ0) is 10.8. The molecular weight excluding hydrogens is 198 g/mol. The molecule has 3 nitrogen and oxygen atoms in total. The Morgan fingerprint density at radius 3 is 2.71 bits per heavy atom. The molecule has 4 heteroatoms. The van der Waals surface area contributed by atoms with Gasteiger partial charge in [0.15, 0.2) is 0 Å². The van der Waals surface area contributed by atoms with Gasteiger partial charge in [-0.2, -0.15) is 0 Å². The molecule has 14 heavy (non-hydrogen) atoms. The van der Waals surface area contributed by atoms with Crippen LogP contribution in [0.15, 0.2) is 5.38 Å². The summed E-state index contributed by atoms with van der Waals surface area (Å²) in [6.07, 6.45) is 0.637. The molecule has 0 aliphatic rings. The molecule has 0 unspecified atom stereocenters. The average molecular weight is 213 g/mol. The molecule has 0 aromatic carbocycles. The Bertz CT molecular complexity index is 331. The highest BCUT2D eigenvalue weighted by Crippen LogP contribution is 2.25. The van der Waals surface area contributed by atoms with E-state index < -0.39 is 5.41 Å². The van der Waals surface area contributed by atoms with Crippen LogP contribution in [0.5, 0.6) is 0 Å². The number of aryl methyl sites for hydroxylation is 1. The molecule has 1 aromatic heterocycles. The molecule has 0 spiro atoms. The van der Waals surface area contributed by atoms with Crippen molar-refractivity contribution in [3.8, 4) is 0 Å². The predicted octanol–water partition coefficient (Wildman–Crippen LogP) is 2.19. The van der Waals surface area contributed by atoms with Crippen LogP contribution in [-0.4, -0.2) is 18.1 Å². The molecule has 0 bridgehead atoms. The van der Waals surface area contributed by atoms with E-state index >= 15 is 0 Å². The fourth-order valence-corrected chi connectivity index (χ4v) is 2.21. The Balaban J connectivity index is 2.72. The molecule has 0 radical (unpaired) electrons. The maximum Gasteiger partial charge on any atom is 0.311 e. The minimum atomic E-state index is -0.487. The number of ether oxygens (including phenoxy) is 1. The Kier molecular flexibility index (Phi) is 3.26. The van der Waals surface area contributed by atoms with Gasteiger partial charge in [0, 0.05) is 17.5 Å². The van der Waals surface area contributed by atoms with Gasteiger partial charge in [-0.25, -0.2) is 4.98 Å². The van der Waals surface area contributed by atoms with E-state index in [1.807, 2.05) is 26.2 Å². The summed E-state index contributed by atoms with van der Waals surface area (Å²) in [6, 6.07) is 0. The van der Waals surface area contributed by atoms with Gasteiger partial charge >= 0.3 is 5.97 Å². The fraction of sp³-hybridized carbons (Fsp3) is 0.600. The van der Waals surface area contributed by atoms with Crippen molar-refractivity contribution in [2.24, 2.45) is 5.41 Å². The van der Waals surface area contributed by atoms with Crippen LogP contribution in [-0.2, 0) is 16.0 Å². The van der Waals surface area contributed by atoms with Crippen LogP contribution in [0.2, 0.25) is 0 Å². The fourth-order valence-electron chi connectivity index (χ4n) is 1.21. The topological polar surface area (TPSA) is 39.2 Å². The Labute approximate surface area is 88.1 Å². The van der Waals surface area contributed by atoms with Crippen LogP contribution >= 0.6 is 11.3 Å². The standard InChI is InChI=1S/C10H15NO2S/c1-7-6-14-8(11-7)5-10(2,3)9(12)13-4/h6H,5H2,1-4H3. The molecule has 1 rings (SSSR count). The van der Waals surface area contributed by atoms with E-state index in [1.165, 1.54) is 7.11 Å². The first-order valence-corrected chi connectivity index (χ1v) is 5.33.